The van der Waals surface area contributed by atoms with E-state index in [9.17, 15) is 13.6 Å². The average molecular weight is 510 g/mol. The molecule has 2 aromatic carbocycles. The summed E-state index contributed by atoms with van der Waals surface area (Å²) in [6.45, 7) is 6.45. The second-order valence-corrected chi connectivity index (χ2v) is 9.09. The molecular formula is C25H29N6O4S-. The molecule has 1 aliphatic rings. The quantitative estimate of drug-likeness (QED) is 0.398. The van der Waals surface area contributed by atoms with Gasteiger partial charge in [0.25, 0.3) is 0 Å². The Kier molecular flexibility index (Phi) is 8.60. The van der Waals surface area contributed by atoms with Crippen LogP contribution in [0.3, 0.4) is 0 Å². The second kappa shape index (κ2) is 12.0. The van der Waals surface area contributed by atoms with Gasteiger partial charge in [-0.1, -0.05) is 36.4 Å². The normalized spacial score (nSPS) is 16.4. The Balaban J connectivity index is 1.74. The van der Waals surface area contributed by atoms with Crippen LogP contribution >= 0.6 is 0 Å². The van der Waals surface area contributed by atoms with Gasteiger partial charge in [-0.05, 0) is 37.6 Å². The molecule has 4 rings (SSSR count). The number of amides is 2. The van der Waals surface area contributed by atoms with Gasteiger partial charge >= 0.3 is 6.03 Å². The number of carbonyl (C=O) groups is 1. The molecule has 10 nitrogen and oxygen atoms in total. The highest BCUT2D eigenvalue weighted by molar-refractivity contribution is 7.77. The lowest BCUT2D eigenvalue weighted by Crippen LogP contribution is -2.44. The van der Waals surface area contributed by atoms with Crippen LogP contribution in [0, 0.1) is 0 Å². The van der Waals surface area contributed by atoms with Crippen molar-refractivity contribution in [2.45, 2.75) is 26.4 Å². The molecule has 1 aliphatic heterocycles. The third-order valence-electron chi connectivity index (χ3n) is 5.79. The first-order chi connectivity index (χ1) is 17.4. The summed E-state index contributed by atoms with van der Waals surface area (Å²) in [5, 5.41) is 5.50. The zero-order valence-electron chi connectivity index (χ0n) is 20.2. The fraction of sp³-hybridized carbons (Fsp3) is 0.320. The molecule has 2 amide bonds. The van der Waals surface area contributed by atoms with Gasteiger partial charge in [-0.2, -0.15) is 0 Å². The van der Waals surface area contributed by atoms with Gasteiger partial charge < -0.3 is 24.8 Å². The van der Waals surface area contributed by atoms with Crippen molar-refractivity contribution in [3.63, 3.8) is 0 Å². The summed E-state index contributed by atoms with van der Waals surface area (Å²) in [6.07, 6.45) is 0. The Morgan fingerprint density at radius 3 is 2.64 bits per heavy atom. The summed E-state index contributed by atoms with van der Waals surface area (Å²) >= 11 is -2.38. The summed E-state index contributed by atoms with van der Waals surface area (Å²) < 4.78 is 30.2. The minimum atomic E-state index is -2.38. The van der Waals surface area contributed by atoms with E-state index in [4.69, 9.17) is 14.7 Å². The summed E-state index contributed by atoms with van der Waals surface area (Å²) in [6, 6.07) is 16.7. The topological polar surface area (TPSA) is 132 Å². The van der Waals surface area contributed by atoms with E-state index < -0.39 is 11.3 Å². The van der Waals surface area contributed by atoms with Crippen molar-refractivity contribution in [2.75, 3.05) is 36.5 Å². The van der Waals surface area contributed by atoms with Crippen LogP contribution in [0.25, 0.3) is 22.5 Å². The SMILES string of the molecule is CCNC(=O)Nc1ccc(-c2cc(-c3ccccc3CNS(=O)[O-])nc(N3CCOCC3C)n2)cc1. The van der Waals surface area contributed by atoms with Gasteiger partial charge in [0.05, 0.1) is 30.6 Å². The Bertz CT molecular complexity index is 1220. The fourth-order valence-electron chi connectivity index (χ4n) is 3.99. The van der Waals surface area contributed by atoms with Crippen molar-refractivity contribution < 1.29 is 18.3 Å². The van der Waals surface area contributed by atoms with E-state index in [0.717, 1.165) is 16.7 Å². The van der Waals surface area contributed by atoms with Crippen LogP contribution < -0.4 is 20.3 Å². The number of urea groups is 1. The van der Waals surface area contributed by atoms with Gasteiger partial charge in [-0.15, -0.1) is 0 Å². The summed E-state index contributed by atoms with van der Waals surface area (Å²) in [7, 11) is 0. The van der Waals surface area contributed by atoms with Crippen molar-refractivity contribution in [2.24, 2.45) is 0 Å². The first-order valence-electron chi connectivity index (χ1n) is 11.7. The van der Waals surface area contributed by atoms with Crippen LogP contribution in [0.15, 0.2) is 54.6 Å². The van der Waals surface area contributed by atoms with Crippen molar-refractivity contribution in [1.29, 1.82) is 0 Å². The number of nitrogens with one attached hydrogen (secondary N) is 3. The molecule has 0 radical (unpaired) electrons. The van der Waals surface area contributed by atoms with Gasteiger partial charge in [0.1, 0.15) is 0 Å². The highest BCUT2D eigenvalue weighted by atomic mass is 32.2. The Morgan fingerprint density at radius 1 is 1.17 bits per heavy atom. The second-order valence-electron chi connectivity index (χ2n) is 8.33. The van der Waals surface area contributed by atoms with E-state index in [0.29, 0.717) is 49.3 Å². The largest absolute Gasteiger partial charge is 0.760 e. The Hall–Kier alpha value is -3.38. The van der Waals surface area contributed by atoms with E-state index in [1.165, 1.54) is 0 Å². The van der Waals surface area contributed by atoms with Gasteiger partial charge in [0, 0.05) is 47.7 Å². The smallest absolute Gasteiger partial charge is 0.319 e. The standard InChI is InChI=1S/C25H30N6O4S/c1-3-26-25(32)28-20-10-8-18(9-11-20)22-14-23(21-7-5-4-6-19(21)15-27-36(33)34)30-24(29-22)31-12-13-35-16-17(31)2/h4-11,14,17,27H,3,12-13,15-16H2,1-2H3,(H,33,34)(H2,26,28,32)/p-1. The van der Waals surface area contributed by atoms with Crippen LogP contribution in [-0.2, 0) is 22.5 Å². The number of rotatable bonds is 8. The summed E-state index contributed by atoms with van der Waals surface area (Å²) in [4.78, 5) is 23.7. The maximum atomic E-state index is 11.8. The van der Waals surface area contributed by atoms with Crippen molar-refractivity contribution in [3.8, 4) is 22.5 Å². The van der Waals surface area contributed by atoms with E-state index >= 15 is 0 Å². The lowest BCUT2D eigenvalue weighted by atomic mass is 10.0. The molecule has 0 saturated carbocycles. The van der Waals surface area contributed by atoms with Crippen LogP contribution in [0.5, 0.6) is 0 Å². The Morgan fingerprint density at radius 2 is 1.92 bits per heavy atom. The van der Waals surface area contributed by atoms with Crippen molar-refractivity contribution >= 4 is 28.9 Å². The van der Waals surface area contributed by atoms with Gasteiger partial charge in [-0.3, -0.25) is 4.21 Å². The van der Waals surface area contributed by atoms with Crippen LogP contribution in [-0.4, -0.2) is 57.1 Å². The number of nitrogens with zero attached hydrogens (tertiary/aromatic N) is 3. The number of benzene rings is 2. The van der Waals surface area contributed by atoms with E-state index in [1.54, 1.807) is 0 Å². The minimum Gasteiger partial charge on any atom is -0.760 e. The molecule has 2 unspecified atom stereocenters. The van der Waals surface area contributed by atoms with Gasteiger partial charge in [0.15, 0.2) is 0 Å². The fourth-order valence-corrected chi connectivity index (χ4v) is 4.27. The first-order valence-corrected chi connectivity index (χ1v) is 12.8. The molecule has 1 fully saturated rings. The van der Waals surface area contributed by atoms with Crippen LogP contribution in [0.4, 0.5) is 16.4 Å². The minimum absolute atomic E-state index is 0.102. The molecule has 190 valence electrons. The van der Waals surface area contributed by atoms with E-state index in [2.05, 4.69) is 27.2 Å². The van der Waals surface area contributed by atoms with Gasteiger partial charge in [0.2, 0.25) is 5.95 Å². The van der Waals surface area contributed by atoms with Gasteiger partial charge in [-0.25, -0.2) is 19.5 Å². The number of hydrogen-bond acceptors (Lipinski definition) is 7. The third kappa shape index (κ3) is 6.43. The summed E-state index contributed by atoms with van der Waals surface area (Å²) in [5.41, 5.74) is 4.55. The number of hydrogen-bond donors (Lipinski definition) is 3. The molecule has 0 spiro atoms. The maximum absolute atomic E-state index is 11.8. The zero-order chi connectivity index (χ0) is 25.5. The number of anilines is 2. The third-order valence-corrected chi connectivity index (χ3v) is 6.17. The van der Waals surface area contributed by atoms with E-state index in [-0.39, 0.29) is 18.6 Å². The number of carbonyl (C=O) groups excluding carboxylic acids is 1. The first kappa shape index (κ1) is 25.7. The molecule has 0 bridgehead atoms. The number of aromatic nitrogens is 2. The van der Waals surface area contributed by atoms with E-state index in [1.807, 2.05) is 61.5 Å². The summed E-state index contributed by atoms with van der Waals surface area (Å²) in [5.74, 6) is 0.581. The predicted molar refractivity (Wildman–Crippen MR) is 139 cm³/mol. The zero-order valence-corrected chi connectivity index (χ0v) is 21.0. The molecule has 3 N–H and O–H groups in total. The molecule has 2 atom stereocenters. The maximum Gasteiger partial charge on any atom is 0.319 e. The predicted octanol–water partition coefficient (Wildman–Crippen LogP) is 3.06. The monoisotopic (exact) mass is 509 g/mol. The highest BCUT2D eigenvalue weighted by Gasteiger charge is 2.23. The molecular weight excluding hydrogens is 480 g/mol. The van der Waals surface area contributed by atoms with Crippen molar-refractivity contribution in [3.05, 3.63) is 60.2 Å². The number of morpholine rings is 1. The molecule has 36 heavy (non-hydrogen) atoms. The highest BCUT2D eigenvalue weighted by Crippen LogP contribution is 2.30. The number of ether oxygens (including phenoxy) is 1. The molecule has 1 saturated heterocycles. The van der Waals surface area contributed by atoms with Crippen LogP contribution in [0.1, 0.15) is 19.4 Å². The molecule has 0 aliphatic carbocycles. The lowest BCUT2D eigenvalue weighted by molar-refractivity contribution is 0.0981. The lowest BCUT2D eigenvalue weighted by Gasteiger charge is -2.33. The molecule has 1 aromatic heterocycles. The average Bonchev–Trinajstić information content (AvgIpc) is 2.88. The molecule has 3 aromatic rings. The molecule has 11 heteroatoms. The molecule has 2 heterocycles. The Labute approximate surface area is 212 Å². The van der Waals surface area contributed by atoms with Crippen molar-refractivity contribution in [1.82, 2.24) is 20.0 Å². The van der Waals surface area contributed by atoms with Crippen LogP contribution in [0.2, 0.25) is 0 Å².